The summed E-state index contributed by atoms with van der Waals surface area (Å²) in [7, 11) is 0. The van der Waals surface area contributed by atoms with Crippen molar-refractivity contribution < 1.29 is 0 Å². The second-order valence-corrected chi connectivity index (χ2v) is 4.63. The Hall–Kier alpha value is -1.99. The van der Waals surface area contributed by atoms with Gasteiger partial charge in [-0.3, -0.25) is 0 Å². The molecule has 18 heavy (non-hydrogen) atoms. The van der Waals surface area contributed by atoms with E-state index < -0.39 is 0 Å². The molecule has 3 rings (SSSR count). The lowest BCUT2D eigenvalue weighted by Gasteiger charge is -1.92. The minimum atomic E-state index is 0.762. The number of hydrogen-bond acceptors (Lipinski definition) is 0. The van der Waals surface area contributed by atoms with Crippen LogP contribution in [-0.2, 0) is 0 Å². The Morgan fingerprint density at radius 2 is 1.67 bits per heavy atom. The molecule has 1 N–H and O–H groups in total. The highest BCUT2D eigenvalue weighted by Gasteiger charge is 1.96. The van der Waals surface area contributed by atoms with Crippen molar-refractivity contribution in [2.75, 3.05) is 0 Å². The normalized spacial score (nSPS) is 11.4. The molecule has 0 unspecified atom stereocenters. The first-order valence-corrected chi connectivity index (χ1v) is 6.20. The third-order valence-electron chi connectivity index (χ3n) is 2.88. The zero-order valence-corrected chi connectivity index (χ0v) is 10.5. The minimum Gasteiger partial charge on any atom is -0.355 e. The Balaban J connectivity index is 1.89. The largest absolute Gasteiger partial charge is 0.355 e. The predicted molar refractivity (Wildman–Crippen MR) is 78.7 cm³/mol. The molecule has 0 spiro atoms. The molecule has 3 aromatic rings. The Kier molecular flexibility index (Phi) is 2.91. The van der Waals surface area contributed by atoms with Crippen molar-refractivity contribution >= 4 is 34.7 Å². The first-order valence-electron chi connectivity index (χ1n) is 5.83. The van der Waals surface area contributed by atoms with E-state index in [1.54, 1.807) is 0 Å². The summed E-state index contributed by atoms with van der Waals surface area (Å²) < 4.78 is 0. The molecular formula is C16H12ClN. The van der Waals surface area contributed by atoms with Gasteiger partial charge < -0.3 is 4.98 Å². The number of aromatic nitrogens is 1. The molecule has 1 heterocycles. The van der Waals surface area contributed by atoms with Crippen LogP contribution >= 0.6 is 11.6 Å². The van der Waals surface area contributed by atoms with Crippen molar-refractivity contribution in [3.05, 3.63) is 70.9 Å². The number of para-hydroxylation sites is 1. The van der Waals surface area contributed by atoms with E-state index in [1.807, 2.05) is 36.4 Å². The van der Waals surface area contributed by atoms with Gasteiger partial charge in [0.15, 0.2) is 0 Å². The van der Waals surface area contributed by atoms with Gasteiger partial charge in [0.1, 0.15) is 0 Å². The SMILES string of the molecule is Clc1ccc(/C=C/c2cc3ccccc3[nH]2)cc1. The summed E-state index contributed by atoms with van der Waals surface area (Å²) in [6, 6.07) is 18.2. The van der Waals surface area contributed by atoms with Gasteiger partial charge in [-0.15, -0.1) is 0 Å². The van der Waals surface area contributed by atoms with Crippen LogP contribution in [0.25, 0.3) is 23.1 Å². The van der Waals surface area contributed by atoms with E-state index in [9.17, 15) is 0 Å². The van der Waals surface area contributed by atoms with E-state index in [0.29, 0.717) is 0 Å². The predicted octanol–water partition coefficient (Wildman–Crippen LogP) is 4.99. The molecule has 0 bridgehead atoms. The second-order valence-electron chi connectivity index (χ2n) is 4.20. The monoisotopic (exact) mass is 253 g/mol. The van der Waals surface area contributed by atoms with E-state index in [4.69, 9.17) is 11.6 Å². The molecule has 0 aliphatic carbocycles. The fourth-order valence-corrected chi connectivity index (χ4v) is 2.07. The van der Waals surface area contributed by atoms with Crippen LogP contribution in [0, 0.1) is 0 Å². The lowest BCUT2D eigenvalue weighted by atomic mass is 10.2. The molecule has 0 aliphatic rings. The van der Waals surface area contributed by atoms with Crippen LogP contribution in [0.3, 0.4) is 0 Å². The van der Waals surface area contributed by atoms with Gasteiger partial charge >= 0.3 is 0 Å². The molecule has 0 fully saturated rings. The summed E-state index contributed by atoms with van der Waals surface area (Å²) in [4.78, 5) is 3.36. The van der Waals surface area contributed by atoms with Gasteiger partial charge in [-0.2, -0.15) is 0 Å². The van der Waals surface area contributed by atoms with E-state index >= 15 is 0 Å². The van der Waals surface area contributed by atoms with E-state index in [2.05, 4.69) is 35.3 Å². The molecule has 0 aliphatic heterocycles. The van der Waals surface area contributed by atoms with Crippen molar-refractivity contribution in [3.63, 3.8) is 0 Å². The number of H-pyrrole nitrogens is 1. The van der Waals surface area contributed by atoms with Gasteiger partial charge in [0.2, 0.25) is 0 Å². The fourth-order valence-electron chi connectivity index (χ4n) is 1.95. The maximum absolute atomic E-state index is 5.85. The molecule has 0 atom stereocenters. The quantitative estimate of drug-likeness (QED) is 0.662. The van der Waals surface area contributed by atoms with Crippen molar-refractivity contribution in [1.29, 1.82) is 0 Å². The molecule has 0 radical (unpaired) electrons. The first-order chi connectivity index (χ1) is 8.81. The third-order valence-corrected chi connectivity index (χ3v) is 3.13. The Morgan fingerprint density at radius 3 is 2.44 bits per heavy atom. The van der Waals surface area contributed by atoms with Crippen LogP contribution in [0.1, 0.15) is 11.3 Å². The molecule has 0 amide bonds. The minimum absolute atomic E-state index is 0.762. The van der Waals surface area contributed by atoms with Crippen LogP contribution in [0.5, 0.6) is 0 Å². The van der Waals surface area contributed by atoms with E-state index in [1.165, 1.54) is 5.39 Å². The summed E-state index contributed by atoms with van der Waals surface area (Å²) in [6.07, 6.45) is 4.14. The molecular weight excluding hydrogens is 242 g/mol. The fraction of sp³-hybridized carbons (Fsp3) is 0. The van der Waals surface area contributed by atoms with Crippen LogP contribution < -0.4 is 0 Å². The van der Waals surface area contributed by atoms with Crippen LogP contribution in [0.15, 0.2) is 54.6 Å². The topological polar surface area (TPSA) is 15.8 Å². The van der Waals surface area contributed by atoms with Crippen molar-refractivity contribution in [2.24, 2.45) is 0 Å². The Bertz CT molecular complexity index is 659. The lowest BCUT2D eigenvalue weighted by Crippen LogP contribution is -1.72. The van der Waals surface area contributed by atoms with Crippen molar-refractivity contribution in [3.8, 4) is 0 Å². The zero-order chi connectivity index (χ0) is 12.4. The number of aromatic amines is 1. The molecule has 1 aromatic heterocycles. The molecule has 0 saturated carbocycles. The van der Waals surface area contributed by atoms with Gasteiger partial charge in [0.05, 0.1) is 0 Å². The summed E-state index contributed by atoms with van der Waals surface area (Å²) in [5.41, 5.74) is 3.40. The zero-order valence-electron chi connectivity index (χ0n) is 9.73. The summed E-state index contributed by atoms with van der Waals surface area (Å²) in [6.45, 7) is 0. The number of hydrogen-bond donors (Lipinski definition) is 1. The Morgan fingerprint density at radius 1 is 0.889 bits per heavy atom. The summed E-state index contributed by atoms with van der Waals surface area (Å²) in [5, 5.41) is 1.99. The number of rotatable bonds is 2. The second kappa shape index (κ2) is 4.71. The standard InChI is InChI=1S/C16H12ClN/c17-14-8-5-12(6-9-14)7-10-15-11-13-3-1-2-4-16(13)18-15/h1-11,18H/b10-7+. The molecule has 2 aromatic carbocycles. The maximum Gasteiger partial charge on any atom is 0.0458 e. The summed E-state index contributed by atoms with van der Waals surface area (Å²) in [5.74, 6) is 0. The average Bonchev–Trinajstić information content (AvgIpc) is 2.81. The van der Waals surface area contributed by atoms with Gasteiger partial charge in [-0.05, 0) is 41.3 Å². The van der Waals surface area contributed by atoms with Gasteiger partial charge in [-0.25, -0.2) is 0 Å². The highest BCUT2D eigenvalue weighted by atomic mass is 35.5. The van der Waals surface area contributed by atoms with Gasteiger partial charge in [-0.1, -0.05) is 48.0 Å². The Labute approximate surface area is 111 Å². The maximum atomic E-state index is 5.85. The van der Waals surface area contributed by atoms with Crippen LogP contribution in [0.2, 0.25) is 5.02 Å². The third kappa shape index (κ3) is 2.31. The number of nitrogens with one attached hydrogen (secondary N) is 1. The molecule has 88 valence electrons. The molecule has 0 saturated heterocycles. The molecule has 2 heteroatoms. The first kappa shape index (κ1) is 11.1. The lowest BCUT2D eigenvalue weighted by molar-refractivity contribution is 1.43. The van der Waals surface area contributed by atoms with Crippen molar-refractivity contribution in [1.82, 2.24) is 4.98 Å². The number of halogens is 1. The highest BCUT2D eigenvalue weighted by Crippen LogP contribution is 2.17. The van der Waals surface area contributed by atoms with Gasteiger partial charge in [0.25, 0.3) is 0 Å². The summed E-state index contributed by atoms with van der Waals surface area (Å²) >= 11 is 5.85. The van der Waals surface area contributed by atoms with Gasteiger partial charge in [0, 0.05) is 16.2 Å². The number of benzene rings is 2. The smallest absolute Gasteiger partial charge is 0.0458 e. The molecule has 1 nitrogen and oxygen atoms in total. The van der Waals surface area contributed by atoms with Crippen molar-refractivity contribution in [2.45, 2.75) is 0 Å². The number of fused-ring (bicyclic) bond motifs is 1. The van der Waals surface area contributed by atoms with Crippen LogP contribution in [0.4, 0.5) is 0 Å². The van der Waals surface area contributed by atoms with E-state index in [0.717, 1.165) is 21.8 Å². The van der Waals surface area contributed by atoms with Crippen LogP contribution in [-0.4, -0.2) is 4.98 Å². The average molecular weight is 254 g/mol. The highest BCUT2D eigenvalue weighted by molar-refractivity contribution is 6.30. The van der Waals surface area contributed by atoms with E-state index in [-0.39, 0.29) is 0 Å².